The Balaban J connectivity index is 2.00. The van der Waals surface area contributed by atoms with E-state index in [4.69, 9.17) is 4.74 Å². The van der Waals surface area contributed by atoms with Gasteiger partial charge in [-0.15, -0.1) is 0 Å². The van der Waals surface area contributed by atoms with Gasteiger partial charge in [-0.25, -0.2) is 0 Å². The van der Waals surface area contributed by atoms with Crippen LogP contribution in [0.4, 0.5) is 0 Å². The standard InChI is InChI=1S/C15H10Br2O2/c16-12-3-4-13(14(17)6-12)15(18)9-1-2-10-7-19-8-11(10)5-9/h1-6H,7-8H2. The number of benzene rings is 2. The Hall–Kier alpha value is -0.970. The van der Waals surface area contributed by atoms with Crippen LogP contribution in [-0.4, -0.2) is 5.78 Å². The first-order valence-corrected chi connectivity index (χ1v) is 7.43. The summed E-state index contributed by atoms with van der Waals surface area (Å²) in [6.07, 6.45) is 0. The largest absolute Gasteiger partial charge is 0.372 e. The molecule has 0 atom stereocenters. The summed E-state index contributed by atoms with van der Waals surface area (Å²) in [6, 6.07) is 11.3. The molecular formula is C15H10Br2O2. The van der Waals surface area contributed by atoms with Gasteiger partial charge in [0.15, 0.2) is 5.78 Å². The fourth-order valence-corrected chi connectivity index (χ4v) is 3.37. The van der Waals surface area contributed by atoms with Gasteiger partial charge in [-0.2, -0.15) is 0 Å². The topological polar surface area (TPSA) is 26.3 Å². The molecule has 0 fully saturated rings. The molecule has 0 radical (unpaired) electrons. The summed E-state index contributed by atoms with van der Waals surface area (Å²) in [5, 5.41) is 0. The van der Waals surface area contributed by atoms with Crippen molar-refractivity contribution in [3.63, 3.8) is 0 Å². The number of fused-ring (bicyclic) bond motifs is 1. The number of carbonyl (C=O) groups excluding carboxylic acids is 1. The zero-order valence-electron chi connectivity index (χ0n) is 9.95. The van der Waals surface area contributed by atoms with E-state index in [0.29, 0.717) is 24.3 Å². The maximum atomic E-state index is 12.5. The van der Waals surface area contributed by atoms with Gasteiger partial charge in [0, 0.05) is 20.1 Å². The highest BCUT2D eigenvalue weighted by Crippen LogP contribution is 2.26. The molecule has 1 heterocycles. The van der Waals surface area contributed by atoms with Crippen LogP contribution < -0.4 is 0 Å². The number of hydrogen-bond acceptors (Lipinski definition) is 2. The van der Waals surface area contributed by atoms with Gasteiger partial charge >= 0.3 is 0 Å². The van der Waals surface area contributed by atoms with Crippen LogP contribution in [0.15, 0.2) is 45.3 Å². The summed E-state index contributed by atoms with van der Waals surface area (Å²) in [5.41, 5.74) is 3.65. The smallest absolute Gasteiger partial charge is 0.194 e. The van der Waals surface area contributed by atoms with Crippen LogP contribution in [0.25, 0.3) is 0 Å². The van der Waals surface area contributed by atoms with Crippen LogP contribution in [-0.2, 0) is 18.0 Å². The molecule has 1 aliphatic heterocycles. The van der Waals surface area contributed by atoms with Gasteiger partial charge < -0.3 is 4.74 Å². The minimum absolute atomic E-state index is 0.0223. The molecule has 0 saturated heterocycles. The average molecular weight is 382 g/mol. The van der Waals surface area contributed by atoms with E-state index in [0.717, 1.165) is 14.5 Å². The van der Waals surface area contributed by atoms with E-state index in [1.807, 2.05) is 36.4 Å². The Labute approximate surface area is 128 Å². The van der Waals surface area contributed by atoms with E-state index < -0.39 is 0 Å². The first kappa shape index (κ1) is 13.0. The molecule has 2 aromatic rings. The maximum Gasteiger partial charge on any atom is 0.194 e. The van der Waals surface area contributed by atoms with Crippen LogP contribution in [0, 0.1) is 0 Å². The number of halogens is 2. The van der Waals surface area contributed by atoms with Crippen molar-refractivity contribution in [3.05, 3.63) is 67.6 Å². The van der Waals surface area contributed by atoms with Crippen molar-refractivity contribution in [2.24, 2.45) is 0 Å². The lowest BCUT2D eigenvalue weighted by Gasteiger charge is -2.06. The van der Waals surface area contributed by atoms with Crippen LogP contribution in [0.1, 0.15) is 27.0 Å². The molecule has 0 N–H and O–H groups in total. The molecule has 0 spiro atoms. The third-order valence-corrected chi connectivity index (χ3v) is 4.31. The normalized spacial score (nSPS) is 13.4. The second kappa shape index (κ2) is 5.19. The van der Waals surface area contributed by atoms with Crippen molar-refractivity contribution in [1.82, 2.24) is 0 Å². The van der Waals surface area contributed by atoms with E-state index in [1.54, 1.807) is 0 Å². The van der Waals surface area contributed by atoms with Crippen molar-refractivity contribution in [2.75, 3.05) is 0 Å². The van der Waals surface area contributed by atoms with E-state index in [2.05, 4.69) is 31.9 Å². The van der Waals surface area contributed by atoms with Crippen LogP contribution >= 0.6 is 31.9 Å². The zero-order valence-corrected chi connectivity index (χ0v) is 13.1. The van der Waals surface area contributed by atoms with Crippen molar-refractivity contribution < 1.29 is 9.53 Å². The van der Waals surface area contributed by atoms with E-state index in [-0.39, 0.29) is 5.78 Å². The number of rotatable bonds is 2. The van der Waals surface area contributed by atoms with Gasteiger partial charge in [0.2, 0.25) is 0 Å². The van der Waals surface area contributed by atoms with Gasteiger partial charge in [0.05, 0.1) is 13.2 Å². The summed E-state index contributed by atoms with van der Waals surface area (Å²) in [7, 11) is 0. The second-order valence-corrected chi connectivity index (χ2v) is 6.20. The summed E-state index contributed by atoms with van der Waals surface area (Å²) in [4.78, 5) is 12.5. The van der Waals surface area contributed by atoms with Crippen LogP contribution in [0.5, 0.6) is 0 Å². The quantitative estimate of drug-likeness (QED) is 0.717. The first-order valence-electron chi connectivity index (χ1n) is 5.84. The van der Waals surface area contributed by atoms with Crippen LogP contribution in [0.2, 0.25) is 0 Å². The van der Waals surface area contributed by atoms with Gasteiger partial charge in [-0.05, 0) is 51.3 Å². The lowest BCUT2D eigenvalue weighted by atomic mass is 9.99. The third kappa shape index (κ3) is 2.53. The molecule has 0 bridgehead atoms. The Kier molecular flexibility index (Phi) is 3.56. The fourth-order valence-electron chi connectivity index (χ4n) is 2.14. The predicted octanol–water partition coefficient (Wildman–Crippen LogP) is 4.47. The van der Waals surface area contributed by atoms with Crippen molar-refractivity contribution in [1.29, 1.82) is 0 Å². The van der Waals surface area contributed by atoms with E-state index in [1.165, 1.54) is 5.56 Å². The Morgan fingerprint density at radius 2 is 1.79 bits per heavy atom. The van der Waals surface area contributed by atoms with Gasteiger partial charge in [-0.1, -0.05) is 28.1 Å². The van der Waals surface area contributed by atoms with Crippen LogP contribution in [0.3, 0.4) is 0 Å². The van der Waals surface area contributed by atoms with Gasteiger partial charge in [0.1, 0.15) is 0 Å². The lowest BCUT2D eigenvalue weighted by Crippen LogP contribution is -2.03. The Morgan fingerprint density at radius 3 is 2.58 bits per heavy atom. The molecule has 19 heavy (non-hydrogen) atoms. The molecule has 0 unspecified atom stereocenters. The molecule has 2 nitrogen and oxygen atoms in total. The average Bonchev–Trinajstić information content (AvgIpc) is 2.85. The molecule has 1 aliphatic rings. The summed E-state index contributed by atoms with van der Waals surface area (Å²) in [5.74, 6) is 0.0223. The molecular weight excluding hydrogens is 372 g/mol. The monoisotopic (exact) mass is 380 g/mol. The number of hydrogen-bond donors (Lipinski definition) is 0. The van der Waals surface area contributed by atoms with E-state index in [9.17, 15) is 4.79 Å². The number of ether oxygens (including phenoxy) is 1. The zero-order chi connectivity index (χ0) is 13.4. The minimum Gasteiger partial charge on any atom is -0.372 e. The van der Waals surface area contributed by atoms with Gasteiger partial charge in [-0.3, -0.25) is 4.79 Å². The number of ketones is 1. The molecule has 3 rings (SSSR count). The summed E-state index contributed by atoms with van der Waals surface area (Å²) in [6.45, 7) is 1.24. The van der Waals surface area contributed by atoms with Gasteiger partial charge in [0.25, 0.3) is 0 Å². The second-order valence-electron chi connectivity index (χ2n) is 4.43. The molecule has 0 amide bonds. The van der Waals surface area contributed by atoms with Crippen molar-refractivity contribution in [3.8, 4) is 0 Å². The Bertz CT molecular complexity index is 665. The molecule has 0 saturated carbocycles. The highest BCUT2D eigenvalue weighted by atomic mass is 79.9. The molecule has 4 heteroatoms. The Morgan fingerprint density at radius 1 is 1.00 bits per heavy atom. The SMILES string of the molecule is O=C(c1ccc2c(c1)COC2)c1ccc(Br)cc1Br. The first-order chi connectivity index (χ1) is 9.15. The lowest BCUT2D eigenvalue weighted by molar-refractivity contribution is 0.103. The highest BCUT2D eigenvalue weighted by Gasteiger charge is 2.17. The highest BCUT2D eigenvalue weighted by molar-refractivity contribution is 9.11. The molecule has 0 aliphatic carbocycles. The molecule has 2 aromatic carbocycles. The fraction of sp³-hybridized carbons (Fsp3) is 0.133. The molecule has 96 valence electrons. The van der Waals surface area contributed by atoms with Crippen molar-refractivity contribution >= 4 is 37.6 Å². The van der Waals surface area contributed by atoms with Crippen molar-refractivity contribution in [2.45, 2.75) is 13.2 Å². The number of carbonyl (C=O) groups is 1. The summed E-state index contributed by atoms with van der Waals surface area (Å²) < 4.78 is 7.11. The third-order valence-electron chi connectivity index (χ3n) is 3.16. The van der Waals surface area contributed by atoms with E-state index >= 15 is 0 Å². The molecule has 0 aromatic heterocycles. The minimum atomic E-state index is 0.0223. The maximum absolute atomic E-state index is 12.5. The predicted molar refractivity (Wildman–Crippen MR) is 80.2 cm³/mol. The summed E-state index contributed by atoms with van der Waals surface area (Å²) >= 11 is 6.82.